The van der Waals surface area contributed by atoms with Gasteiger partial charge >= 0.3 is 5.69 Å². The van der Waals surface area contributed by atoms with Gasteiger partial charge in [0.2, 0.25) is 0 Å². The molecule has 0 atom stereocenters. The van der Waals surface area contributed by atoms with Gasteiger partial charge in [0.25, 0.3) is 5.56 Å². The van der Waals surface area contributed by atoms with Crippen LogP contribution in [-0.4, -0.2) is 31.9 Å². The van der Waals surface area contributed by atoms with Crippen molar-refractivity contribution in [3.8, 4) is 0 Å². The highest BCUT2D eigenvalue weighted by atomic mass is 16.5. The van der Waals surface area contributed by atoms with Gasteiger partial charge in [0.05, 0.1) is 13.2 Å². The summed E-state index contributed by atoms with van der Waals surface area (Å²) in [6, 6.07) is 0. The molecule has 2 aromatic heterocycles. The molecule has 0 saturated carbocycles. The van der Waals surface area contributed by atoms with Crippen molar-refractivity contribution in [1.29, 1.82) is 0 Å². The average Bonchev–Trinajstić information content (AvgIpc) is 2.81. The number of aromatic nitrogens is 4. The van der Waals surface area contributed by atoms with Crippen LogP contribution in [0.2, 0.25) is 0 Å². The molecule has 0 unspecified atom stereocenters. The monoisotopic (exact) mass is 276 g/mol. The predicted octanol–water partition coefficient (Wildman–Crippen LogP) is -0.226. The second-order valence-electron chi connectivity index (χ2n) is 4.93. The molecule has 0 saturated heterocycles. The Morgan fingerprint density at radius 3 is 2.55 bits per heavy atom. The van der Waals surface area contributed by atoms with Gasteiger partial charge in [-0.2, -0.15) is 0 Å². The topological polar surface area (TPSA) is 71.1 Å². The SMILES string of the molecule is Cn1c(=O)c2c(nc(C3=CCOCC3)n2C)n(C)c1=O. The van der Waals surface area contributed by atoms with Gasteiger partial charge in [0, 0.05) is 21.1 Å². The van der Waals surface area contributed by atoms with E-state index in [2.05, 4.69) is 4.98 Å². The van der Waals surface area contributed by atoms with E-state index >= 15 is 0 Å². The summed E-state index contributed by atoms with van der Waals surface area (Å²) in [4.78, 5) is 28.7. The van der Waals surface area contributed by atoms with Gasteiger partial charge in [0.1, 0.15) is 5.82 Å². The Balaban J connectivity index is 2.39. The molecular weight excluding hydrogens is 260 g/mol. The first-order valence-electron chi connectivity index (χ1n) is 6.42. The Bertz CT molecular complexity index is 838. The summed E-state index contributed by atoms with van der Waals surface area (Å²) in [5.41, 5.74) is 1.22. The summed E-state index contributed by atoms with van der Waals surface area (Å²) in [6.45, 7) is 1.20. The molecule has 1 aliphatic rings. The third-order valence-electron chi connectivity index (χ3n) is 3.73. The molecule has 1 aliphatic heterocycles. The molecule has 0 radical (unpaired) electrons. The molecule has 0 N–H and O–H groups in total. The van der Waals surface area contributed by atoms with E-state index in [0.717, 1.165) is 22.4 Å². The third-order valence-corrected chi connectivity index (χ3v) is 3.73. The standard InChI is InChI=1S/C13H16N4O3/c1-15-9-11(16(2)13(19)17(3)12(9)18)14-10(15)8-4-6-20-7-5-8/h4H,5-7H2,1-3H3. The quantitative estimate of drug-likeness (QED) is 0.721. The zero-order chi connectivity index (χ0) is 14.4. The lowest BCUT2D eigenvalue weighted by atomic mass is 10.1. The minimum atomic E-state index is -0.367. The van der Waals surface area contributed by atoms with Crippen LogP contribution in [0.5, 0.6) is 0 Å². The number of ether oxygens (including phenoxy) is 1. The van der Waals surface area contributed by atoms with Crippen molar-refractivity contribution in [2.75, 3.05) is 13.2 Å². The molecule has 7 heteroatoms. The van der Waals surface area contributed by atoms with Gasteiger partial charge in [-0.1, -0.05) is 6.08 Å². The van der Waals surface area contributed by atoms with E-state index in [1.165, 1.54) is 11.6 Å². The minimum Gasteiger partial charge on any atom is -0.377 e. The zero-order valence-corrected chi connectivity index (χ0v) is 11.7. The van der Waals surface area contributed by atoms with Gasteiger partial charge in [-0.3, -0.25) is 13.9 Å². The molecule has 0 amide bonds. The van der Waals surface area contributed by atoms with Crippen LogP contribution in [-0.2, 0) is 25.9 Å². The van der Waals surface area contributed by atoms with E-state index in [1.54, 1.807) is 18.7 Å². The van der Waals surface area contributed by atoms with Crippen molar-refractivity contribution >= 4 is 16.7 Å². The Hall–Kier alpha value is -2.15. The highest BCUT2D eigenvalue weighted by molar-refractivity contribution is 5.76. The fourth-order valence-electron chi connectivity index (χ4n) is 2.54. The number of aryl methyl sites for hydroxylation is 2. The van der Waals surface area contributed by atoms with Crippen LogP contribution < -0.4 is 11.2 Å². The number of nitrogens with zero attached hydrogens (tertiary/aromatic N) is 4. The lowest BCUT2D eigenvalue weighted by Crippen LogP contribution is -2.37. The average molecular weight is 276 g/mol. The maximum absolute atomic E-state index is 12.3. The van der Waals surface area contributed by atoms with E-state index in [4.69, 9.17) is 4.74 Å². The largest absolute Gasteiger partial charge is 0.377 e. The van der Waals surface area contributed by atoms with Crippen LogP contribution in [0.15, 0.2) is 15.7 Å². The van der Waals surface area contributed by atoms with Crippen molar-refractivity contribution in [3.63, 3.8) is 0 Å². The summed E-state index contributed by atoms with van der Waals surface area (Å²) in [7, 11) is 4.90. The van der Waals surface area contributed by atoms with E-state index in [-0.39, 0.29) is 11.2 Å². The summed E-state index contributed by atoms with van der Waals surface area (Å²) >= 11 is 0. The molecule has 0 fully saturated rings. The number of fused-ring (bicyclic) bond motifs is 1. The Labute approximate surface area is 114 Å². The van der Waals surface area contributed by atoms with Crippen molar-refractivity contribution in [1.82, 2.24) is 18.7 Å². The molecule has 0 spiro atoms. The normalized spacial score (nSPS) is 15.7. The highest BCUT2D eigenvalue weighted by Gasteiger charge is 2.19. The van der Waals surface area contributed by atoms with E-state index in [1.807, 2.05) is 6.08 Å². The summed E-state index contributed by atoms with van der Waals surface area (Å²) in [5, 5.41) is 0. The highest BCUT2D eigenvalue weighted by Crippen LogP contribution is 2.22. The molecule has 0 aromatic carbocycles. The van der Waals surface area contributed by atoms with Crippen molar-refractivity contribution in [2.45, 2.75) is 6.42 Å². The first-order chi connectivity index (χ1) is 9.52. The molecule has 3 rings (SSSR count). The molecule has 106 valence electrons. The van der Waals surface area contributed by atoms with Crippen LogP contribution in [0.3, 0.4) is 0 Å². The van der Waals surface area contributed by atoms with Crippen LogP contribution in [0, 0.1) is 0 Å². The first-order valence-corrected chi connectivity index (χ1v) is 6.42. The van der Waals surface area contributed by atoms with Crippen molar-refractivity contribution < 1.29 is 4.74 Å². The lowest BCUT2D eigenvalue weighted by Gasteiger charge is -2.12. The zero-order valence-electron chi connectivity index (χ0n) is 11.7. The second kappa shape index (κ2) is 4.45. The summed E-state index contributed by atoms with van der Waals surface area (Å²) in [5.74, 6) is 0.724. The van der Waals surface area contributed by atoms with E-state index < -0.39 is 0 Å². The molecule has 20 heavy (non-hydrogen) atoms. The number of imidazole rings is 1. The first kappa shape index (κ1) is 12.9. The van der Waals surface area contributed by atoms with E-state index in [9.17, 15) is 9.59 Å². The fourth-order valence-corrected chi connectivity index (χ4v) is 2.54. The maximum Gasteiger partial charge on any atom is 0.332 e. The van der Waals surface area contributed by atoms with Crippen LogP contribution in [0.25, 0.3) is 16.7 Å². The Kier molecular flexibility index (Phi) is 2.86. The van der Waals surface area contributed by atoms with Crippen LogP contribution >= 0.6 is 0 Å². The van der Waals surface area contributed by atoms with Gasteiger partial charge in [0.15, 0.2) is 11.2 Å². The molecule has 3 heterocycles. The Morgan fingerprint density at radius 2 is 1.90 bits per heavy atom. The second-order valence-corrected chi connectivity index (χ2v) is 4.93. The number of hydrogen-bond acceptors (Lipinski definition) is 4. The van der Waals surface area contributed by atoms with Crippen molar-refractivity contribution in [2.24, 2.45) is 21.1 Å². The maximum atomic E-state index is 12.3. The van der Waals surface area contributed by atoms with Gasteiger partial charge in [-0.15, -0.1) is 0 Å². The fraction of sp³-hybridized carbons (Fsp3) is 0.462. The van der Waals surface area contributed by atoms with E-state index in [0.29, 0.717) is 24.4 Å². The summed E-state index contributed by atoms with van der Waals surface area (Å²) in [6.07, 6.45) is 2.72. The summed E-state index contributed by atoms with van der Waals surface area (Å²) < 4.78 is 9.55. The predicted molar refractivity (Wildman–Crippen MR) is 74.6 cm³/mol. The Morgan fingerprint density at radius 1 is 1.15 bits per heavy atom. The molecule has 0 bridgehead atoms. The van der Waals surface area contributed by atoms with Gasteiger partial charge in [-0.25, -0.2) is 9.78 Å². The van der Waals surface area contributed by atoms with Crippen LogP contribution in [0.1, 0.15) is 12.2 Å². The van der Waals surface area contributed by atoms with Crippen LogP contribution in [0.4, 0.5) is 0 Å². The lowest BCUT2D eigenvalue weighted by molar-refractivity contribution is 0.161. The number of hydrogen-bond donors (Lipinski definition) is 0. The van der Waals surface area contributed by atoms with Crippen molar-refractivity contribution in [3.05, 3.63) is 32.7 Å². The van der Waals surface area contributed by atoms with Gasteiger partial charge < -0.3 is 9.30 Å². The molecule has 0 aliphatic carbocycles. The van der Waals surface area contributed by atoms with Gasteiger partial charge in [-0.05, 0) is 12.0 Å². The molecular formula is C13H16N4O3. The molecule has 7 nitrogen and oxygen atoms in total. The smallest absolute Gasteiger partial charge is 0.332 e. The molecule has 2 aromatic rings. The minimum absolute atomic E-state index is 0.322. The number of rotatable bonds is 1. The third kappa shape index (κ3) is 1.66.